The first-order valence-corrected chi connectivity index (χ1v) is 6.46. The number of nitrogens with one attached hydrogen (secondary N) is 1. The summed E-state index contributed by atoms with van der Waals surface area (Å²) in [6.45, 7) is 10.0. The fraction of sp³-hybridized carbons (Fsp3) is 0.857. The molecule has 0 aliphatic heterocycles. The molecule has 0 radical (unpaired) electrons. The molecule has 0 rings (SSSR count). The van der Waals surface area contributed by atoms with Gasteiger partial charge in [0.1, 0.15) is 0 Å². The highest BCUT2D eigenvalue weighted by atomic mass is 16.5. The lowest BCUT2D eigenvalue weighted by Crippen LogP contribution is -2.32. The van der Waals surface area contributed by atoms with Crippen LogP contribution in [0.5, 0.6) is 0 Å². The van der Waals surface area contributed by atoms with Crippen molar-refractivity contribution in [3.05, 3.63) is 0 Å². The molecule has 17 heavy (non-hydrogen) atoms. The molecule has 0 saturated carbocycles. The number of hydrogen-bond acceptors (Lipinski definition) is 3. The predicted octanol–water partition coefficient (Wildman–Crippen LogP) is 1.80. The van der Waals surface area contributed by atoms with Crippen LogP contribution in [0.25, 0.3) is 0 Å². The third-order valence-corrected chi connectivity index (χ3v) is 2.36. The molecule has 0 aromatic heterocycles. The fourth-order valence-corrected chi connectivity index (χ4v) is 1.61. The predicted molar refractivity (Wildman–Crippen MR) is 71.8 cm³/mol. The molecule has 0 fully saturated rings. The lowest BCUT2D eigenvalue weighted by Gasteiger charge is -2.18. The molecule has 3 heteroatoms. The Balaban J connectivity index is 3.44. The summed E-state index contributed by atoms with van der Waals surface area (Å²) in [5.41, 5.74) is 0. The van der Waals surface area contributed by atoms with Crippen LogP contribution in [-0.4, -0.2) is 37.0 Å². The summed E-state index contributed by atoms with van der Waals surface area (Å²) in [6.07, 6.45) is 1.65. The van der Waals surface area contributed by atoms with Crippen LogP contribution in [0.2, 0.25) is 0 Å². The van der Waals surface area contributed by atoms with Gasteiger partial charge in [0.25, 0.3) is 0 Å². The lowest BCUT2D eigenvalue weighted by molar-refractivity contribution is -0.00837. The summed E-state index contributed by atoms with van der Waals surface area (Å²) < 4.78 is 5.57. The highest BCUT2D eigenvalue weighted by molar-refractivity contribution is 4.95. The van der Waals surface area contributed by atoms with Gasteiger partial charge in [-0.05, 0) is 26.2 Å². The third kappa shape index (κ3) is 11.7. The summed E-state index contributed by atoms with van der Waals surface area (Å²) >= 11 is 0. The van der Waals surface area contributed by atoms with E-state index in [0.29, 0.717) is 19.1 Å². The van der Waals surface area contributed by atoms with Crippen molar-refractivity contribution in [2.24, 2.45) is 5.92 Å². The molecular weight excluding hydrogens is 214 g/mol. The van der Waals surface area contributed by atoms with Gasteiger partial charge >= 0.3 is 0 Å². The summed E-state index contributed by atoms with van der Waals surface area (Å²) in [5.74, 6) is 6.44. The summed E-state index contributed by atoms with van der Waals surface area (Å²) in [5, 5.41) is 12.8. The SMILES string of the molecule is CC#CCCNCC(O)COC(C)CC(C)C. The average Bonchev–Trinajstić information content (AvgIpc) is 2.25. The van der Waals surface area contributed by atoms with E-state index in [9.17, 15) is 5.11 Å². The van der Waals surface area contributed by atoms with Crippen LogP contribution in [-0.2, 0) is 4.74 Å². The van der Waals surface area contributed by atoms with E-state index in [0.717, 1.165) is 19.4 Å². The van der Waals surface area contributed by atoms with Crippen LogP contribution in [0, 0.1) is 17.8 Å². The van der Waals surface area contributed by atoms with Gasteiger partial charge in [-0.15, -0.1) is 11.8 Å². The number of hydrogen-bond donors (Lipinski definition) is 2. The second-order valence-corrected chi connectivity index (χ2v) is 4.81. The van der Waals surface area contributed by atoms with Gasteiger partial charge in [0, 0.05) is 19.5 Å². The molecule has 0 saturated heterocycles. The normalized spacial score (nSPS) is 14.2. The summed E-state index contributed by atoms with van der Waals surface area (Å²) in [6, 6.07) is 0. The monoisotopic (exact) mass is 241 g/mol. The second-order valence-electron chi connectivity index (χ2n) is 4.81. The van der Waals surface area contributed by atoms with Crippen LogP contribution in [0.15, 0.2) is 0 Å². The molecule has 2 N–H and O–H groups in total. The van der Waals surface area contributed by atoms with Crippen molar-refractivity contribution < 1.29 is 9.84 Å². The van der Waals surface area contributed by atoms with Crippen LogP contribution in [0.4, 0.5) is 0 Å². The highest BCUT2D eigenvalue weighted by Crippen LogP contribution is 2.07. The molecule has 2 unspecified atom stereocenters. The fourth-order valence-electron chi connectivity index (χ4n) is 1.61. The molecule has 3 nitrogen and oxygen atoms in total. The summed E-state index contributed by atoms with van der Waals surface area (Å²) in [7, 11) is 0. The minimum atomic E-state index is -0.431. The van der Waals surface area contributed by atoms with Crippen molar-refractivity contribution in [3.63, 3.8) is 0 Å². The highest BCUT2D eigenvalue weighted by Gasteiger charge is 2.09. The molecular formula is C14H27NO2. The molecule has 0 aliphatic rings. The van der Waals surface area contributed by atoms with Crippen molar-refractivity contribution in [3.8, 4) is 11.8 Å². The van der Waals surface area contributed by atoms with Crippen molar-refractivity contribution in [2.45, 2.75) is 52.7 Å². The van der Waals surface area contributed by atoms with E-state index in [1.807, 2.05) is 6.92 Å². The maximum absolute atomic E-state index is 9.67. The Labute approximate surface area is 106 Å². The Hall–Kier alpha value is -0.560. The zero-order chi connectivity index (χ0) is 13.1. The number of aliphatic hydroxyl groups is 1. The van der Waals surface area contributed by atoms with E-state index in [1.54, 1.807) is 0 Å². The van der Waals surface area contributed by atoms with Crippen LogP contribution >= 0.6 is 0 Å². The van der Waals surface area contributed by atoms with E-state index in [2.05, 4.69) is 37.9 Å². The van der Waals surface area contributed by atoms with Crippen LogP contribution in [0.1, 0.15) is 40.5 Å². The van der Waals surface area contributed by atoms with Crippen molar-refractivity contribution in [1.29, 1.82) is 0 Å². The quantitative estimate of drug-likeness (QED) is 0.478. The zero-order valence-electron chi connectivity index (χ0n) is 11.6. The van der Waals surface area contributed by atoms with Crippen molar-refractivity contribution in [1.82, 2.24) is 5.32 Å². The van der Waals surface area contributed by atoms with Gasteiger partial charge in [0.15, 0.2) is 0 Å². The number of ether oxygens (including phenoxy) is 1. The van der Waals surface area contributed by atoms with Crippen molar-refractivity contribution >= 4 is 0 Å². The van der Waals surface area contributed by atoms with Gasteiger partial charge in [0.2, 0.25) is 0 Å². The molecule has 0 aromatic rings. The van der Waals surface area contributed by atoms with Crippen LogP contribution < -0.4 is 5.32 Å². The molecule has 0 aromatic carbocycles. The maximum atomic E-state index is 9.67. The van der Waals surface area contributed by atoms with Crippen molar-refractivity contribution in [2.75, 3.05) is 19.7 Å². The van der Waals surface area contributed by atoms with Crippen LogP contribution in [0.3, 0.4) is 0 Å². The molecule has 0 bridgehead atoms. The number of aliphatic hydroxyl groups excluding tert-OH is 1. The first kappa shape index (κ1) is 16.4. The standard InChI is InChI=1S/C14H27NO2/c1-5-6-7-8-15-10-14(16)11-17-13(4)9-12(2)3/h12-16H,7-11H2,1-4H3. The molecule has 0 amide bonds. The Morgan fingerprint density at radius 3 is 2.59 bits per heavy atom. The maximum Gasteiger partial charge on any atom is 0.0897 e. The summed E-state index contributed by atoms with van der Waals surface area (Å²) in [4.78, 5) is 0. The minimum absolute atomic E-state index is 0.218. The second kappa shape index (κ2) is 10.6. The van der Waals surface area contributed by atoms with Gasteiger partial charge in [0.05, 0.1) is 18.8 Å². The van der Waals surface area contributed by atoms with E-state index in [-0.39, 0.29) is 6.10 Å². The van der Waals surface area contributed by atoms with E-state index >= 15 is 0 Å². The average molecular weight is 241 g/mol. The molecule has 100 valence electrons. The lowest BCUT2D eigenvalue weighted by atomic mass is 10.1. The molecule has 0 aliphatic carbocycles. The molecule has 0 spiro atoms. The molecule has 0 heterocycles. The minimum Gasteiger partial charge on any atom is -0.389 e. The Morgan fingerprint density at radius 2 is 2.00 bits per heavy atom. The number of rotatable bonds is 9. The van der Waals surface area contributed by atoms with Gasteiger partial charge < -0.3 is 15.2 Å². The van der Waals surface area contributed by atoms with Gasteiger partial charge in [-0.2, -0.15) is 0 Å². The van der Waals surface area contributed by atoms with Gasteiger partial charge in [-0.3, -0.25) is 0 Å². The van der Waals surface area contributed by atoms with E-state index in [1.165, 1.54) is 0 Å². The first-order chi connectivity index (χ1) is 8.06. The Kier molecular flexibility index (Phi) is 10.2. The van der Waals surface area contributed by atoms with E-state index in [4.69, 9.17) is 4.74 Å². The smallest absolute Gasteiger partial charge is 0.0897 e. The van der Waals surface area contributed by atoms with E-state index < -0.39 is 6.10 Å². The van der Waals surface area contributed by atoms with Gasteiger partial charge in [-0.25, -0.2) is 0 Å². The Bertz CT molecular complexity index is 230. The molecule has 2 atom stereocenters. The first-order valence-electron chi connectivity index (χ1n) is 6.46. The largest absolute Gasteiger partial charge is 0.389 e. The topological polar surface area (TPSA) is 41.5 Å². The van der Waals surface area contributed by atoms with Gasteiger partial charge in [-0.1, -0.05) is 13.8 Å². The Morgan fingerprint density at radius 1 is 1.29 bits per heavy atom. The third-order valence-electron chi connectivity index (χ3n) is 2.36. The zero-order valence-corrected chi connectivity index (χ0v) is 11.6.